The van der Waals surface area contributed by atoms with Gasteiger partial charge in [-0.15, -0.1) is 0 Å². The molecule has 0 bridgehead atoms. The molecule has 0 unspecified atom stereocenters. The van der Waals surface area contributed by atoms with Gasteiger partial charge in [-0.05, 0) is 42.0 Å². The summed E-state index contributed by atoms with van der Waals surface area (Å²) in [5.41, 5.74) is 2.20. The van der Waals surface area contributed by atoms with Crippen LogP contribution in [0.1, 0.15) is 12.0 Å². The van der Waals surface area contributed by atoms with E-state index < -0.39 is 0 Å². The second-order valence-corrected chi connectivity index (χ2v) is 5.78. The molecule has 3 rings (SSSR count). The third kappa shape index (κ3) is 3.55. The van der Waals surface area contributed by atoms with Crippen LogP contribution in [0.15, 0.2) is 65.7 Å². The summed E-state index contributed by atoms with van der Waals surface area (Å²) >= 11 is 11.1. The molecule has 0 aliphatic carbocycles. The molecule has 5 heteroatoms. The summed E-state index contributed by atoms with van der Waals surface area (Å²) in [6.45, 7) is 0. The summed E-state index contributed by atoms with van der Waals surface area (Å²) in [5, 5.41) is 0.874. The van der Waals surface area contributed by atoms with Crippen LogP contribution in [0, 0.1) is 0 Å². The number of rotatable bonds is 4. The summed E-state index contributed by atoms with van der Waals surface area (Å²) in [4.78, 5) is 18.1. The predicted octanol–water partition coefficient (Wildman–Crippen LogP) is 4.52. The fraction of sp³-hybridized carbons (Fsp3) is 0.0556. The van der Waals surface area contributed by atoms with Crippen LogP contribution < -0.4 is 4.90 Å². The molecule has 0 fully saturated rings. The Morgan fingerprint density at radius 3 is 2.48 bits per heavy atom. The Bertz CT molecular complexity index is 798. The zero-order valence-electron chi connectivity index (χ0n) is 12.1. The molecule has 1 aliphatic rings. The minimum Gasteiger partial charge on any atom is -0.267 e. The quantitative estimate of drug-likeness (QED) is 0.767. The number of anilines is 1. The topological polar surface area (TPSA) is 32.7 Å². The smallest absolute Gasteiger partial charge is 0.267 e. The molecule has 114 valence electrons. The normalized spacial score (nSPS) is 14.7. The summed E-state index contributed by atoms with van der Waals surface area (Å²) in [6.07, 6.45) is 4.32. The van der Waals surface area contributed by atoms with Crippen molar-refractivity contribution in [3.05, 3.63) is 71.3 Å². The average molecular weight is 341 g/mol. The van der Waals surface area contributed by atoms with Crippen molar-refractivity contribution in [2.45, 2.75) is 6.42 Å². The summed E-state index contributed by atoms with van der Waals surface area (Å²) in [7, 11) is 0. The van der Waals surface area contributed by atoms with Crippen LogP contribution in [-0.4, -0.2) is 16.7 Å². The highest BCUT2D eigenvalue weighted by Crippen LogP contribution is 2.23. The number of carbonyl (C=O) groups excluding carboxylic acids is 1. The zero-order valence-corrected chi connectivity index (χ0v) is 13.7. The van der Waals surface area contributed by atoms with Gasteiger partial charge in [0.05, 0.1) is 5.69 Å². The first-order valence-electron chi connectivity index (χ1n) is 7.08. The van der Waals surface area contributed by atoms with Crippen LogP contribution in [-0.2, 0) is 4.79 Å². The standard InChI is InChI=1S/C18H13ClN2OS/c19-14-9-11-15(12-10-14)21-17(22)16(20-18(21)23)8-4-7-13-5-2-1-3-6-13/h1-7,9-12H,8H2/b7-4+. The van der Waals surface area contributed by atoms with Gasteiger partial charge in [0.1, 0.15) is 5.71 Å². The summed E-state index contributed by atoms with van der Waals surface area (Å²) in [5.74, 6) is -0.185. The van der Waals surface area contributed by atoms with E-state index in [0.29, 0.717) is 22.8 Å². The molecule has 0 atom stereocenters. The van der Waals surface area contributed by atoms with Gasteiger partial charge >= 0.3 is 0 Å². The van der Waals surface area contributed by atoms with Crippen LogP contribution in [0.25, 0.3) is 6.08 Å². The van der Waals surface area contributed by atoms with Gasteiger partial charge in [-0.3, -0.25) is 9.69 Å². The monoisotopic (exact) mass is 340 g/mol. The van der Waals surface area contributed by atoms with E-state index in [1.165, 1.54) is 4.90 Å². The largest absolute Gasteiger partial charge is 0.279 e. The van der Waals surface area contributed by atoms with Crippen molar-refractivity contribution in [3.63, 3.8) is 0 Å². The SMILES string of the molecule is O=C1C(C/C=C/c2ccccc2)=NC(=S)N1c1ccc(Cl)cc1. The van der Waals surface area contributed by atoms with E-state index in [1.807, 2.05) is 42.5 Å². The van der Waals surface area contributed by atoms with Crippen molar-refractivity contribution in [2.75, 3.05) is 4.90 Å². The van der Waals surface area contributed by atoms with Crippen molar-refractivity contribution < 1.29 is 4.79 Å². The number of carbonyl (C=O) groups is 1. The first kappa shape index (κ1) is 15.6. The molecule has 2 aromatic rings. The third-order valence-electron chi connectivity index (χ3n) is 3.38. The number of halogens is 1. The van der Waals surface area contributed by atoms with E-state index in [0.717, 1.165) is 5.56 Å². The average Bonchev–Trinajstić information content (AvgIpc) is 2.84. The van der Waals surface area contributed by atoms with Gasteiger partial charge in [0.25, 0.3) is 5.91 Å². The van der Waals surface area contributed by atoms with Crippen molar-refractivity contribution in [2.24, 2.45) is 4.99 Å². The molecular weight excluding hydrogens is 328 g/mol. The van der Waals surface area contributed by atoms with Crippen LogP contribution >= 0.6 is 23.8 Å². The lowest BCUT2D eigenvalue weighted by Crippen LogP contribution is -2.32. The molecule has 0 radical (unpaired) electrons. The first-order chi connectivity index (χ1) is 11.1. The molecule has 23 heavy (non-hydrogen) atoms. The number of hydrogen-bond donors (Lipinski definition) is 0. The Morgan fingerprint density at radius 1 is 1.09 bits per heavy atom. The van der Waals surface area contributed by atoms with E-state index in [1.54, 1.807) is 24.3 Å². The molecule has 0 saturated carbocycles. The lowest BCUT2D eigenvalue weighted by atomic mass is 10.1. The zero-order chi connectivity index (χ0) is 16.2. The van der Waals surface area contributed by atoms with Crippen molar-refractivity contribution >= 4 is 52.3 Å². The number of amides is 1. The van der Waals surface area contributed by atoms with Gasteiger partial charge in [0.15, 0.2) is 0 Å². The van der Waals surface area contributed by atoms with Gasteiger partial charge in [0.2, 0.25) is 5.11 Å². The fourth-order valence-electron chi connectivity index (χ4n) is 2.25. The molecule has 0 aromatic heterocycles. The highest BCUT2D eigenvalue weighted by atomic mass is 35.5. The minimum atomic E-state index is -0.185. The van der Waals surface area contributed by atoms with Crippen LogP contribution in [0.2, 0.25) is 5.02 Å². The fourth-order valence-corrected chi connectivity index (χ4v) is 2.68. The molecule has 1 aliphatic heterocycles. The van der Waals surface area contributed by atoms with Crippen LogP contribution in [0.3, 0.4) is 0 Å². The van der Waals surface area contributed by atoms with E-state index in [-0.39, 0.29) is 11.0 Å². The van der Waals surface area contributed by atoms with E-state index in [4.69, 9.17) is 23.8 Å². The number of nitrogens with zero attached hydrogens (tertiary/aromatic N) is 2. The molecule has 0 N–H and O–H groups in total. The number of thiocarbonyl (C=S) groups is 1. The van der Waals surface area contributed by atoms with E-state index in [9.17, 15) is 4.79 Å². The predicted molar refractivity (Wildman–Crippen MR) is 99.1 cm³/mol. The Balaban J connectivity index is 1.72. The van der Waals surface area contributed by atoms with E-state index in [2.05, 4.69) is 4.99 Å². The second-order valence-electron chi connectivity index (χ2n) is 4.98. The molecule has 1 amide bonds. The highest BCUT2D eigenvalue weighted by Gasteiger charge is 2.30. The molecular formula is C18H13ClN2OS. The lowest BCUT2D eigenvalue weighted by Gasteiger charge is -2.14. The van der Waals surface area contributed by atoms with Gasteiger partial charge in [-0.25, -0.2) is 4.99 Å². The van der Waals surface area contributed by atoms with Crippen LogP contribution in [0.4, 0.5) is 5.69 Å². The Hall–Kier alpha value is -2.30. The lowest BCUT2D eigenvalue weighted by molar-refractivity contribution is -0.111. The Labute approximate surface area is 144 Å². The maximum Gasteiger partial charge on any atom is 0.279 e. The number of benzene rings is 2. The number of allylic oxidation sites excluding steroid dienone is 1. The van der Waals surface area contributed by atoms with E-state index >= 15 is 0 Å². The summed E-state index contributed by atoms with van der Waals surface area (Å²) < 4.78 is 0. The molecule has 3 nitrogen and oxygen atoms in total. The van der Waals surface area contributed by atoms with Crippen molar-refractivity contribution in [1.82, 2.24) is 0 Å². The van der Waals surface area contributed by atoms with Gasteiger partial charge < -0.3 is 0 Å². The highest BCUT2D eigenvalue weighted by molar-refractivity contribution is 7.80. The minimum absolute atomic E-state index is 0.185. The molecule has 0 saturated heterocycles. The number of hydrogen-bond acceptors (Lipinski definition) is 2. The van der Waals surface area contributed by atoms with Gasteiger partial charge in [0, 0.05) is 11.4 Å². The van der Waals surface area contributed by atoms with Crippen molar-refractivity contribution in [3.8, 4) is 0 Å². The first-order valence-corrected chi connectivity index (χ1v) is 7.87. The maximum absolute atomic E-state index is 12.5. The maximum atomic E-state index is 12.5. The van der Waals surface area contributed by atoms with Crippen molar-refractivity contribution in [1.29, 1.82) is 0 Å². The number of aliphatic imine (C=N–C) groups is 1. The van der Waals surface area contributed by atoms with Gasteiger partial charge in [-0.2, -0.15) is 0 Å². The molecule has 1 heterocycles. The third-order valence-corrected chi connectivity index (χ3v) is 3.90. The Kier molecular flexibility index (Phi) is 4.65. The molecule has 2 aromatic carbocycles. The van der Waals surface area contributed by atoms with Gasteiger partial charge in [-0.1, -0.05) is 54.1 Å². The second kappa shape index (κ2) is 6.86. The van der Waals surface area contributed by atoms with Crippen LogP contribution in [0.5, 0.6) is 0 Å². The summed E-state index contributed by atoms with van der Waals surface area (Å²) in [6, 6.07) is 16.9. The Morgan fingerprint density at radius 2 is 1.78 bits per heavy atom. The molecule has 0 spiro atoms.